The minimum Gasteiger partial charge on any atom is -0.369 e. The number of fused-ring (bicyclic) bond motifs is 1. The highest BCUT2D eigenvalue weighted by molar-refractivity contribution is 5.95. The van der Waals surface area contributed by atoms with Crippen LogP contribution >= 0.6 is 0 Å². The first-order valence-corrected chi connectivity index (χ1v) is 14.5. The van der Waals surface area contributed by atoms with Crippen molar-refractivity contribution in [2.75, 3.05) is 57.1 Å². The maximum absolute atomic E-state index is 13.4. The number of rotatable bonds is 10. The van der Waals surface area contributed by atoms with E-state index in [0.717, 1.165) is 73.8 Å². The van der Waals surface area contributed by atoms with Gasteiger partial charge in [-0.25, -0.2) is 5.06 Å². The number of carbonyl (C=O) groups is 1. The Bertz CT molecular complexity index is 1330. The van der Waals surface area contributed by atoms with Crippen molar-refractivity contribution in [2.45, 2.75) is 59.7 Å². The van der Waals surface area contributed by atoms with E-state index in [-0.39, 0.29) is 18.0 Å². The van der Waals surface area contributed by atoms with Crippen molar-refractivity contribution in [3.63, 3.8) is 0 Å². The van der Waals surface area contributed by atoms with Gasteiger partial charge in [0.2, 0.25) is 5.91 Å². The summed E-state index contributed by atoms with van der Waals surface area (Å²) in [6.45, 7) is 12.2. The smallest absolute Gasteiger partial charge is 0.369 e. The molecular formula is C31H43F3N6O2. The van der Waals surface area contributed by atoms with E-state index in [4.69, 9.17) is 4.84 Å². The lowest BCUT2D eigenvalue weighted by Gasteiger charge is -2.36. The second-order valence-electron chi connectivity index (χ2n) is 10.2. The molecule has 3 aromatic rings. The van der Waals surface area contributed by atoms with Gasteiger partial charge in [-0.2, -0.15) is 18.3 Å². The first-order valence-electron chi connectivity index (χ1n) is 14.5. The Labute approximate surface area is 246 Å². The van der Waals surface area contributed by atoms with Gasteiger partial charge >= 0.3 is 6.18 Å². The zero-order valence-electron chi connectivity index (χ0n) is 25.5. The van der Waals surface area contributed by atoms with Gasteiger partial charge in [-0.15, -0.1) is 5.10 Å². The number of nitrogens with one attached hydrogen (secondary N) is 1. The van der Waals surface area contributed by atoms with Crippen molar-refractivity contribution in [1.82, 2.24) is 20.2 Å². The predicted octanol–water partition coefficient (Wildman–Crippen LogP) is 6.22. The van der Waals surface area contributed by atoms with Gasteiger partial charge < -0.3 is 10.2 Å². The molecule has 0 radical (unpaired) electrons. The minimum absolute atomic E-state index is 0.0117. The predicted molar refractivity (Wildman–Crippen MR) is 161 cm³/mol. The number of piperazine rings is 1. The number of aryl methyl sites for hydroxylation is 1. The van der Waals surface area contributed by atoms with Gasteiger partial charge in [-0.1, -0.05) is 32.0 Å². The Morgan fingerprint density at radius 2 is 1.74 bits per heavy atom. The summed E-state index contributed by atoms with van der Waals surface area (Å²) in [5, 5.41) is 15.0. The van der Waals surface area contributed by atoms with Crippen molar-refractivity contribution in [2.24, 2.45) is 0 Å². The molecule has 42 heavy (non-hydrogen) atoms. The molecule has 0 spiro atoms. The van der Waals surface area contributed by atoms with E-state index in [9.17, 15) is 18.0 Å². The van der Waals surface area contributed by atoms with E-state index in [1.165, 1.54) is 25.2 Å². The number of unbranched alkanes of at least 4 members (excludes halogenated alkanes) is 1. The average Bonchev–Trinajstić information content (AvgIpc) is 2.99. The first kappa shape index (κ1) is 33.1. The molecular weight excluding hydrogens is 545 g/mol. The van der Waals surface area contributed by atoms with Gasteiger partial charge in [0.25, 0.3) is 0 Å². The van der Waals surface area contributed by atoms with Crippen LogP contribution in [-0.4, -0.2) is 72.9 Å². The molecule has 8 nitrogen and oxygen atoms in total. The Balaban J connectivity index is 0.00000237. The second-order valence-corrected chi connectivity index (χ2v) is 10.2. The standard InChI is InChI=1S/C29H37F3N6O2.C2H6/c1-20-22(8-7-9-26(20)29(30,31)32)19-33-28-25-18-23(11-12-24(25)21(2)34-35-28)38-16-14-37(15-17-38)13-6-5-10-27(39)36(3)40-4;1-2/h7-9,11-12,18H,5-6,10,13-17,19H2,1-4H3,(H,33,35);1-2H3. The van der Waals surface area contributed by atoms with Crippen LogP contribution in [0.4, 0.5) is 24.7 Å². The number of carbonyl (C=O) groups excluding carboxylic acids is 1. The molecule has 1 aromatic heterocycles. The minimum atomic E-state index is -4.39. The van der Waals surface area contributed by atoms with Gasteiger partial charge in [0.1, 0.15) is 0 Å². The van der Waals surface area contributed by atoms with Gasteiger partial charge in [0.15, 0.2) is 5.82 Å². The van der Waals surface area contributed by atoms with Crippen LogP contribution in [0.5, 0.6) is 0 Å². The summed E-state index contributed by atoms with van der Waals surface area (Å²) in [6, 6.07) is 10.5. The van der Waals surface area contributed by atoms with Crippen LogP contribution in [0, 0.1) is 13.8 Å². The maximum Gasteiger partial charge on any atom is 0.416 e. The third kappa shape index (κ3) is 8.32. The Morgan fingerprint density at radius 1 is 1.02 bits per heavy atom. The van der Waals surface area contributed by atoms with E-state index < -0.39 is 11.7 Å². The molecule has 0 atom stereocenters. The summed E-state index contributed by atoms with van der Waals surface area (Å²) in [7, 11) is 3.11. The summed E-state index contributed by atoms with van der Waals surface area (Å²) in [4.78, 5) is 21.5. The van der Waals surface area contributed by atoms with Crippen molar-refractivity contribution < 1.29 is 22.8 Å². The molecule has 11 heteroatoms. The zero-order valence-corrected chi connectivity index (χ0v) is 25.5. The summed E-state index contributed by atoms with van der Waals surface area (Å²) in [5.74, 6) is 0.536. The van der Waals surface area contributed by atoms with Crippen LogP contribution in [0.1, 0.15) is 55.5 Å². The maximum atomic E-state index is 13.4. The molecule has 1 aliphatic rings. The van der Waals surface area contributed by atoms with Crippen molar-refractivity contribution in [1.29, 1.82) is 0 Å². The highest BCUT2D eigenvalue weighted by Crippen LogP contribution is 2.34. The van der Waals surface area contributed by atoms with Gasteiger partial charge in [-0.3, -0.25) is 14.5 Å². The normalized spacial score (nSPS) is 14.0. The number of anilines is 2. The van der Waals surface area contributed by atoms with Crippen molar-refractivity contribution in [3.8, 4) is 0 Å². The Morgan fingerprint density at radius 3 is 2.40 bits per heavy atom. The Kier molecular flexibility index (Phi) is 11.9. The molecule has 1 N–H and O–H groups in total. The number of aromatic nitrogens is 2. The fraction of sp³-hybridized carbons (Fsp3) is 0.516. The number of nitrogens with zero attached hydrogens (tertiary/aromatic N) is 5. The lowest BCUT2D eigenvalue weighted by molar-refractivity contribution is -0.168. The number of alkyl halides is 3. The first-order chi connectivity index (χ1) is 20.1. The van der Waals surface area contributed by atoms with Crippen LogP contribution in [0.2, 0.25) is 0 Å². The van der Waals surface area contributed by atoms with E-state index in [1.807, 2.05) is 26.8 Å². The number of hydroxylamine groups is 2. The van der Waals surface area contributed by atoms with Gasteiger partial charge in [-0.05, 0) is 62.6 Å². The second kappa shape index (κ2) is 15.2. The number of hydrogen-bond acceptors (Lipinski definition) is 7. The van der Waals surface area contributed by atoms with E-state index in [1.54, 1.807) is 13.1 Å². The molecule has 2 aromatic carbocycles. The molecule has 0 aliphatic carbocycles. The highest BCUT2D eigenvalue weighted by Gasteiger charge is 2.32. The molecule has 4 rings (SSSR count). The fourth-order valence-electron chi connectivity index (χ4n) is 5.07. The molecule has 2 heterocycles. The molecule has 0 saturated carbocycles. The summed E-state index contributed by atoms with van der Waals surface area (Å²) >= 11 is 0. The van der Waals surface area contributed by atoms with E-state index in [2.05, 4.69) is 37.4 Å². The van der Waals surface area contributed by atoms with Crippen LogP contribution in [0.3, 0.4) is 0 Å². The van der Waals surface area contributed by atoms with E-state index >= 15 is 0 Å². The van der Waals surface area contributed by atoms with Crippen LogP contribution < -0.4 is 10.2 Å². The average molecular weight is 589 g/mol. The third-order valence-electron chi connectivity index (χ3n) is 7.62. The van der Waals surface area contributed by atoms with Crippen LogP contribution in [0.15, 0.2) is 36.4 Å². The number of halogens is 3. The van der Waals surface area contributed by atoms with Crippen LogP contribution in [-0.2, 0) is 22.4 Å². The molecule has 1 fully saturated rings. The molecule has 1 saturated heterocycles. The topological polar surface area (TPSA) is 73.8 Å². The quantitative estimate of drug-likeness (QED) is 0.223. The third-order valence-corrected chi connectivity index (χ3v) is 7.62. The monoisotopic (exact) mass is 588 g/mol. The lowest BCUT2D eigenvalue weighted by Crippen LogP contribution is -2.46. The summed E-state index contributed by atoms with van der Waals surface area (Å²) in [5.41, 5.74) is 2.01. The van der Waals surface area contributed by atoms with Gasteiger partial charge in [0, 0.05) is 62.7 Å². The molecule has 1 amide bonds. The summed E-state index contributed by atoms with van der Waals surface area (Å²) < 4.78 is 40.1. The molecule has 0 bridgehead atoms. The van der Waals surface area contributed by atoms with Crippen molar-refractivity contribution in [3.05, 3.63) is 58.8 Å². The fourth-order valence-corrected chi connectivity index (χ4v) is 5.07. The zero-order chi connectivity index (χ0) is 30.9. The SMILES string of the molecule is CC.CON(C)C(=O)CCCCN1CCN(c2ccc3c(C)nnc(NCc4cccc(C(F)(F)F)c4C)c3c2)CC1. The number of hydrogen-bond donors (Lipinski definition) is 1. The number of amides is 1. The highest BCUT2D eigenvalue weighted by atomic mass is 19.4. The lowest BCUT2D eigenvalue weighted by atomic mass is 10.0. The van der Waals surface area contributed by atoms with Gasteiger partial charge in [0.05, 0.1) is 18.4 Å². The van der Waals surface area contributed by atoms with Crippen molar-refractivity contribution >= 4 is 28.2 Å². The molecule has 0 unspecified atom stereocenters. The molecule has 230 valence electrons. The summed E-state index contributed by atoms with van der Waals surface area (Å²) in [6.07, 6.45) is -2.13. The van der Waals surface area contributed by atoms with E-state index in [0.29, 0.717) is 17.8 Å². The number of benzene rings is 2. The largest absolute Gasteiger partial charge is 0.416 e. The van der Waals surface area contributed by atoms with Crippen LogP contribution in [0.25, 0.3) is 10.8 Å². The molecule has 1 aliphatic heterocycles. The Hall–Kier alpha value is -3.44.